The van der Waals surface area contributed by atoms with Crippen molar-refractivity contribution in [1.82, 2.24) is 9.55 Å². The molecule has 0 saturated heterocycles. The minimum absolute atomic E-state index is 0.105. The van der Waals surface area contributed by atoms with Gasteiger partial charge >= 0.3 is 0 Å². The van der Waals surface area contributed by atoms with Gasteiger partial charge in [0.2, 0.25) is 0 Å². The standard InChI is InChI=1S/C15H19Cl2FN2O/c1-3-4-10(9-21-2)20-14-7-11(17)12(18)8-13(14)19-15(20)5-6-16/h7-8,10H,3-6,9H2,1-2H3. The molecule has 0 amide bonds. The van der Waals surface area contributed by atoms with Gasteiger partial charge in [-0.2, -0.15) is 0 Å². The molecular formula is C15H19Cl2FN2O. The summed E-state index contributed by atoms with van der Waals surface area (Å²) in [6.07, 6.45) is 2.59. The number of hydrogen-bond donors (Lipinski definition) is 0. The molecule has 2 rings (SSSR count). The number of imidazole rings is 1. The fourth-order valence-electron chi connectivity index (χ4n) is 2.62. The highest BCUT2D eigenvalue weighted by atomic mass is 35.5. The largest absolute Gasteiger partial charge is 0.383 e. The molecule has 0 fully saturated rings. The summed E-state index contributed by atoms with van der Waals surface area (Å²) in [7, 11) is 1.68. The quantitative estimate of drug-likeness (QED) is 0.693. The number of methoxy groups -OCH3 is 1. The van der Waals surface area contributed by atoms with Crippen molar-refractivity contribution in [3.8, 4) is 0 Å². The molecule has 0 aliphatic rings. The van der Waals surface area contributed by atoms with Gasteiger partial charge in [-0.25, -0.2) is 9.37 Å². The predicted octanol–water partition coefficient (Wildman–Crippen LogP) is 4.60. The van der Waals surface area contributed by atoms with Gasteiger partial charge in [-0.15, -0.1) is 11.6 Å². The van der Waals surface area contributed by atoms with E-state index in [1.54, 1.807) is 13.2 Å². The van der Waals surface area contributed by atoms with Crippen LogP contribution in [0.1, 0.15) is 31.6 Å². The van der Waals surface area contributed by atoms with Gasteiger partial charge in [-0.1, -0.05) is 24.9 Å². The summed E-state index contributed by atoms with van der Waals surface area (Å²) in [5.41, 5.74) is 1.44. The zero-order valence-corrected chi connectivity index (χ0v) is 13.7. The van der Waals surface area contributed by atoms with Crippen LogP contribution < -0.4 is 0 Å². The average molecular weight is 333 g/mol. The summed E-state index contributed by atoms with van der Waals surface area (Å²) in [4.78, 5) is 4.51. The third-order valence-electron chi connectivity index (χ3n) is 3.47. The minimum Gasteiger partial charge on any atom is -0.383 e. The van der Waals surface area contributed by atoms with Crippen molar-refractivity contribution in [3.63, 3.8) is 0 Å². The maximum absolute atomic E-state index is 13.6. The zero-order chi connectivity index (χ0) is 15.4. The first-order chi connectivity index (χ1) is 10.1. The Kier molecular flexibility index (Phi) is 5.85. The minimum atomic E-state index is -0.454. The van der Waals surface area contributed by atoms with Crippen LogP contribution in [0.2, 0.25) is 5.02 Å². The molecule has 1 aromatic carbocycles. The van der Waals surface area contributed by atoms with Crippen molar-refractivity contribution in [3.05, 3.63) is 28.8 Å². The maximum atomic E-state index is 13.6. The van der Waals surface area contributed by atoms with Crippen LogP contribution in [-0.2, 0) is 11.2 Å². The van der Waals surface area contributed by atoms with E-state index in [2.05, 4.69) is 16.5 Å². The Morgan fingerprint density at radius 2 is 2.19 bits per heavy atom. The maximum Gasteiger partial charge on any atom is 0.144 e. The van der Waals surface area contributed by atoms with Crippen LogP contribution in [0.25, 0.3) is 11.0 Å². The molecule has 0 N–H and O–H groups in total. The lowest BCUT2D eigenvalue weighted by Gasteiger charge is -2.20. The number of rotatable bonds is 7. The van der Waals surface area contributed by atoms with Gasteiger partial charge in [-0.05, 0) is 12.5 Å². The Hall–Kier alpha value is -0.840. The van der Waals surface area contributed by atoms with Crippen LogP contribution in [0, 0.1) is 5.82 Å². The van der Waals surface area contributed by atoms with Crippen LogP contribution in [0.3, 0.4) is 0 Å². The number of halogens is 3. The van der Waals surface area contributed by atoms with Crippen LogP contribution in [0.4, 0.5) is 4.39 Å². The van der Waals surface area contributed by atoms with Crippen molar-refractivity contribution < 1.29 is 9.13 Å². The predicted molar refractivity (Wildman–Crippen MR) is 84.9 cm³/mol. The van der Waals surface area contributed by atoms with E-state index in [0.29, 0.717) is 24.4 Å². The van der Waals surface area contributed by atoms with E-state index in [1.807, 2.05) is 0 Å². The number of nitrogens with zero attached hydrogens (tertiary/aromatic N) is 2. The second-order valence-corrected chi connectivity index (χ2v) is 5.78. The van der Waals surface area contributed by atoms with Gasteiger partial charge in [0, 0.05) is 25.5 Å². The Balaban J connectivity index is 2.60. The summed E-state index contributed by atoms with van der Waals surface area (Å²) in [6, 6.07) is 3.15. The number of aryl methyl sites for hydroxylation is 1. The molecule has 0 saturated carbocycles. The first kappa shape index (κ1) is 16.5. The molecule has 3 nitrogen and oxygen atoms in total. The first-order valence-electron chi connectivity index (χ1n) is 7.03. The van der Waals surface area contributed by atoms with Crippen molar-refractivity contribution in [1.29, 1.82) is 0 Å². The van der Waals surface area contributed by atoms with Gasteiger partial charge in [0.05, 0.1) is 28.7 Å². The molecule has 1 heterocycles. The monoisotopic (exact) mass is 332 g/mol. The number of ether oxygens (including phenoxy) is 1. The highest BCUT2D eigenvalue weighted by Crippen LogP contribution is 2.29. The van der Waals surface area contributed by atoms with Gasteiger partial charge in [0.1, 0.15) is 11.6 Å². The van der Waals surface area contributed by atoms with Crippen LogP contribution in [0.5, 0.6) is 0 Å². The molecule has 1 atom stereocenters. The summed E-state index contributed by atoms with van der Waals surface area (Å²) < 4.78 is 21.1. The van der Waals surface area contributed by atoms with E-state index in [4.69, 9.17) is 27.9 Å². The number of benzene rings is 1. The zero-order valence-electron chi connectivity index (χ0n) is 12.2. The Bertz CT molecular complexity index is 609. The van der Waals surface area contributed by atoms with Gasteiger partial charge in [-0.3, -0.25) is 0 Å². The summed E-state index contributed by atoms with van der Waals surface area (Å²) in [6.45, 7) is 2.69. The molecule has 0 spiro atoms. The van der Waals surface area contributed by atoms with E-state index in [9.17, 15) is 4.39 Å². The van der Waals surface area contributed by atoms with Crippen LogP contribution >= 0.6 is 23.2 Å². The Labute approximate surface area is 134 Å². The number of aromatic nitrogens is 2. The summed E-state index contributed by atoms with van der Waals surface area (Å²) >= 11 is 11.8. The summed E-state index contributed by atoms with van der Waals surface area (Å²) in [5.74, 6) is 0.855. The van der Waals surface area contributed by atoms with Crippen molar-refractivity contribution in [2.24, 2.45) is 0 Å². The fourth-order valence-corrected chi connectivity index (χ4v) is 2.95. The molecule has 0 aliphatic heterocycles. The van der Waals surface area contributed by atoms with Crippen LogP contribution in [0.15, 0.2) is 12.1 Å². The van der Waals surface area contributed by atoms with Crippen molar-refractivity contribution in [2.45, 2.75) is 32.2 Å². The Morgan fingerprint density at radius 1 is 1.43 bits per heavy atom. The molecule has 2 aromatic rings. The van der Waals surface area contributed by atoms with Gasteiger partial charge in [0.15, 0.2) is 0 Å². The van der Waals surface area contributed by atoms with Crippen LogP contribution in [-0.4, -0.2) is 29.1 Å². The fraction of sp³-hybridized carbons (Fsp3) is 0.533. The molecule has 0 aliphatic carbocycles. The number of alkyl halides is 1. The topological polar surface area (TPSA) is 27.1 Å². The van der Waals surface area contributed by atoms with Gasteiger partial charge < -0.3 is 9.30 Å². The molecular weight excluding hydrogens is 314 g/mol. The number of fused-ring (bicyclic) bond motifs is 1. The summed E-state index contributed by atoms with van der Waals surface area (Å²) in [5, 5.41) is 0.105. The molecule has 1 unspecified atom stereocenters. The van der Waals surface area contributed by atoms with Gasteiger partial charge in [0.25, 0.3) is 0 Å². The SMILES string of the molecule is CCCC(COC)n1c(CCCl)nc2cc(F)c(Cl)cc21. The van der Waals surface area contributed by atoms with E-state index < -0.39 is 5.82 Å². The first-order valence-corrected chi connectivity index (χ1v) is 7.94. The van der Waals surface area contributed by atoms with E-state index in [-0.39, 0.29) is 11.1 Å². The second-order valence-electron chi connectivity index (χ2n) is 4.99. The molecule has 116 valence electrons. The van der Waals surface area contributed by atoms with E-state index in [0.717, 1.165) is 24.2 Å². The third-order valence-corrected chi connectivity index (χ3v) is 3.95. The highest BCUT2D eigenvalue weighted by Gasteiger charge is 2.20. The Morgan fingerprint density at radius 3 is 2.81 bits per heavy atom. The second kappa shape index (κ2) is 7.43. The van der Waals surface area contributed by atoms with Crippen molar-refractivity contribution in [2.75, 3.05) is 19.6 Å². The lowest BCUT2D eigenvalue weighted by molar-refractivity contribution is 0.151. The molecule has 0 radical (unpaired) electrons. The van der Waals surface area contributed by atoms with E-state index >= 15 is 0 Å². The molecule has 6 heteroatoms. The average Bonchev–Trinajstić information content (AvgIpc) is 2.77. The third kappa shape index (κ3) is 3.50. The molecule has 21 heavy (non-hydrogen) atoms. The lowest BCUT2D eigenvalue weighted by Crippen LogP contribution is -2.17. The normalized spacial score (nSPS) is 13.0. The molecule has 1 aromatic heterocycles. The highest BCUT2D eigenvalue weighted by molar-refractivity contribution is 6.31. The smallest absolute Gasteiger partial charge is 0.144 e. The van der Waals surface area contributed by atoms with Crippen molar-refractivity contribution >= 4 is 34.2 Å². The number of hydrogen-bond acceptors (Lipinski definition) is 2. The molecule has 0 bridgehead atoms. The van der Waals surface area contributed by atoms with E-state index in [1.165, 1.54) is 6.07 Å². The lowest BCUT2D eigenvalue weighted by atomic mass is 10.1.